The molecule has 0 saturated carbocycles. The molecule has 0 aromatic carbocycles. The molecule has 0 fully saturated rings. The minimum absolute atomic E-state index is 0.0982. The largest absolute Gasteiger partial charge is 0.394 e. The molecule has 5 heteroatoms. The molecule has 2 heterocycles. The number of nitrogens with zero attached hydrogens (tertiary/aromatic N) is 3. The van der Waals surface area contributed by atoms with Crippen molar-refractivity contribution in [1.29, 1.82) is 0 Å². The van der Waals surface area contributed by atoms with Crippen molar-refractivity contribution >= 4 is 5.52 Å². The lowest BCUT2D eigenvalue weighted by Crippen LogP contribution is -2.18. The molecule has 0 aliphatic heterocycles. The third-order valence-electron chi connectivity index (χ3n) is 1.93. The molecule has 0 radical (unpaired) electrons. The van der Waals surface area contributed by atoms with Gasteiger partial charge in [-0.25, -0.2) is 4.52 Å². The van der Waals surface area contributed by atoms with E-state index < -0.39 is 6.04 Å². The first-order valence-electron chi connectivity index (χ1n) is 3.98. The minimum Gasteiger partial charge on any atom is -0.394 e. The normalized spacial score (nSPS) is 13.4. The third kappa shape index (κ3) is 1.28. The number of pyridine rings is 1. The Labute approximate surface area is 74.8 Å². The fraction of sp³-hybridized carbons (Fsp3) is 0.250. The quantitative estimate of drug-likeness (QED) is 0.663. The topological polar surface area (TPSA) is 76.4 Å². The Morgan fingerprint density at radius 2 is 2.38 bits per heavy atom. The maximum Gasteiger partial charge on any atom is 0.0868 e. The van der Waals surface area contributed by atoms with Crippen LogP contribution >= 0.6 is 0 Å². The molecule has 2 rings (SSSR count). The van der Waals surface area contributed by atoms with E-state index in [1.54, 1.807) is 10.7 Å². The van der Waals surface area contributed by atoms with Crippen LogP contribution in [0.1, 0.15) is 11.7 Å². The van der Waals surface area contributed by atoms with E-state index in [4.69, 9.17) is 10.8 Å². The Kier molecular flexibility index (Phi) is 1.96. The second kappa shape index (κ2) is 3.12. The monoisotopic (exact) mass is 178 g/mol. The van der Waals surface area contributed by atoms with Crippen molar-refractivity contribution in [1.82, 2.24) is 14.8 Å². The second-order valence-corrected chi connectivity index (χ2v) is 2.81. The lowest BCUT2D eigenvalue weighted by molar-refractivity contribution is 0.264. The van der Waals surface area contributed by atoms with Crippen LogP contribution in [0, 0.1) is 0 Å². The molecule has 1 atom stereocenters. The van der Waals surface area contributed by atoms with Gasteiger partial charge >= 0.3 is 0 Å². The third-order valence-corrected chi connectivity index (χ3v) is 1.93. The van der Waals surface area contributed by atoms with E-state index in [1.807, 2.05) is 18.2 Å². The average Bonchev–Trinajstić information content (AvgIpc) is 2.63. The Hall–Kier alpha value is -1.46. The van der Waals surface area contributed by atoms with Gasteiger partial charge in [0.2, 0.25) is 0 Å². The first-order valence-corrected chi connectivity index (χ1v) is 3.98. The predicted molar refractivity (Wildman–Crippen MR) is 47.0 cm³/mol. The van der Waals surface area contributed by atoms with E-state index in [2.05, 4.69) is 10.3 Å². The maximum absolute atomic E-state index is 8.90. The molecule has 5 nitrogen and oxygen atoms in total. The molecule has 0 saturated heterocycles. The summed E-state index contributed by atoms with van der Waals surface area (Å²) >= 11 is 0. The summed E-state index contributed by atoms with van der Waals surface area (Å²) < 4.78 is 1.63. The summed E-state index contributed by atoms with van der Waals surface area (Å²) in [5.41, 5.74) is 7.32. The Balaban J connectivity index is 2.60. The van der Waals surface area contributed by atoms with Crippen LogP contribution in [0.3, 0.4) is 0 Å². The van der Waals surface area contributed by atoms with Gasteiger partial charge in [-0.2, -0.15) is 0 Å². The van der Waals surface area contributed by atoms with Crippen LogP contribution in [-0.2, 0) is 0 Å². The summed E-state index contributed by atoms with van der Waals surface area (Å²) in [5, 5.41) is 16.5. The van der Waals surface area contributed by atoms with Crippen LogP contribution in [0.15, 0.2) is 24.4 Å². The zero-order valence-electron chi connectivity index (χ0n) is 6.96. The van der Waals surface area contributed by atoms with Gasteiger partial charge in [0, 0.05) is 0 Å². The Morgan fingerprint density at radius 3 is 3.15 bits per heavy atom. The molecule has 0 aliphatic carbocycles. The van der Waals surface area contributed by atoms with Crippen LogP contribution in [-0.4, -0.2) is 26.5 Å². The van der Waals surface area contributed by atoms with E-state index >= 15 is 0 Å². The smallest absolute Gasteiger partial charge is 0.0868 e. The lowest BCUT2D eigenvalue weighted by atomic mass is 10.2. The van der Waals surface area contributed by atoms with Crippen molar-refractivity contribution in [3.05, 3.63) is 30.1 Å². The summed E-state index contributed by atoms with van der Waals surface area (Å²) in [6.45, 7) is -0.0982. The summed E-state index contributed by atoms with van der Waals surface area (Å²) in [5.74, 6) is 0. The highest BCUT2D eigenvalue weighted by atomic mass is 16.3. The highest BCUT2D eigenvalue weighted by Crippen LogP contribution is 2.10. The molecule has 0 bridgehead atoms. The number of fused-ring (bicyclic) bond motifs is 1. The predicted octanol–water partition coefficient (Wildman–Crippen LogP) is -0.279. The van der Waals surface area contributed by atoms with E-state index in [0.717, 1.165) is 11.2 Å². The van der Waals surface area contributed by atoms with Crippen LogP contribution in [0.5, 0.6) is 0 Å². The summed E-state index contributed by atoms with van der Waals surface area (Å²) in [7, 11) is 0. The zero-order chi connectivity index (χ0) is 9.26. The van der Waals surface area contributed by atoms with Crippen LogP contribution < -0.4 is 5.73 Å². The summed E-state index contributed by atoms with van der Waals surface area (Å²) in [4.78, 5) is 0. The van der Waals surface area contributed by atoms with Crippen LogP contribution in [0.4, 0.5) is 0 Å². The first-order chi connectivity index (χ1) is 6.33. The zero-order valence-corrected chi connectivity index (χ0v) is 6.96. The average molecular weight is 178 g/mol. The van der Waals surface area contributed by atoms with Gasteiger partial charge in [-0.1, -0.05) is 11.3 Å². The SMILES string of the molecule is NC(CO)c1cccc2cnnn12. The molecular formula is C8H10N4O. The molecule has 13 heavy (non-hydrogen) atoms. The van der Waals surface area contributed by atoms with E-state index in [0.29, 0.717) is 0 Å². The minimum atomic E-state index is -0.412. The van der Waals surface area contributed by atoms with Crippen LogP contribution in [0.2, 0.25) is 0 Å². The number of aliphatic hydroxyl groups is 1. The van der Waals surface area contributed by atoms with Crippen molar-refractivity contribution in [2.45, 2.75) is 6.04 Å². The van der Waals surface area contributed by atoms with Gasteiger partial charge in [-0.15, -0.1) is 5.10 Å². The van der Waals surface area contributed by atoms with Gasteiger partial charge in [0.15, 0.2) is 0 Å². The fourth-order valence-electron chi connectivity index (χ4n) is 1.25. The van der Waals surface area contributed by atoms with Crippen molar-refractivity contribution in [3.8, 4) is 0 Å². The highest BCUT2D eigenvalue weighted by Gasteiger charge is 2.08. The van der Waals surface area contributed by atoms with Gasteiger partial charge in [0.1, 0.15) is 0 Å². The van der Waals surface area contributed by atoms with E-state index in [-0.39, 0.29) is 6.61 Å². The van der Waals surface area contributed by atoms with Gasteiger partial charge in [-0.05, 0) is 12.1 Å². The van der Waals surface area contributed by atoms with Crippen molar-refractivity contribution < 1.29 is 5.11 Å². The first kappa shape index (κ1) is 8.15. The number of nitrogens with two attached hydrogens (primary N) is 1. The standard InChI is InChI=1S/C8H10N4O/c9-7(5-13)8-3-1-2-6-4-10-11-12(6)8/h1-4,7,13H,5,9H2. The molecule has 1 unspecified atom stereocenters. The molecular weight excluding hydrogens is 168 g/mol. The fourth-order valence-corrected chi connectivity index (χ4v) is 1.25. The van der Waals surface area contributed by atoms with Crippen LogP contribution in [0.25, 0.3) is 5.52 Å². The molecule has 2 aromatic rings. The van der Waals surface area contributed by atoms with E-state index in [1.165, 1.54) is 0 Å². The molecule has 0 amide bonds. The van der Waals surface area contributed by atoms with Crippen molar-refractivity contribution in [3.63, 3.8) is 0 Å². The molecule has 0 aliphatic rings. The van der Waals surface area contributed by atoms with Crippen molar-refractivity contribution in [2.75, 3.05) is 6.61 Å². The van der Waals surface area contributed by atoms with Gasteiger partial charge < -0.3 is 10.8 Å². The Morgan fingerprint density at radius 1 is 1.54 bits per heavy atom. The molecule has 0 spiro atoms. The molecule has 3 N–H and O–H groups in total. The van der Waals surface area contributed by atoms with Crippen molar-refractivity contribution in [2.24, 2.45) is 5.73 Å². The Bertz CT molecular complexity index is 411. The molecule has 68 valence electrons. The second-order valence-electron chi connectivity index (χ2n) is 2.81. The van der Waals surface area contributed by atoms with Gasteiger partial charge in [0.05, 0.1) is 30.1 Å². The number of hydrogen-bond acceptors (Lipinski definition) is 4. The number of hydrogen-bond donors (Lipinski definition) is 2. The number of aliphatic hydroxyl groups excluding tert-OH is 1. The number of rotatable bonds is 2. The summed E-state index contributed by atoms with van der Waals surface area (Å²) in [6.07, 6.45) is 1.65. The number of aromatic nitrogens is 3. The summed E-state index contributed by atoms with van der Waals surface area (Å²) in [6, 6.07) is 5.16. The lowest BCUT2D eigenvalue weighted by Gasteiger charge is -2.09. The highest BCUT2D eigenvalue weighted by molar-refractivity contribution is 5.44. The maximum atomic E-state index is 8.90. The molecule has 2 aromatic heterocycles. The van der Waals surface area contributed by atoms with Gasteiger partial charge in [-0.3, -0.25) is 0 Å². The van der Waals surface area contributed by atoms with E-state index in [9.17, 15) is 0 Å². The van der Waals surface area contributed by atoms with Gasteiger partial charge in [0.25, 0.3) is 0 Å².